The summed E-state index contributed by atoms with van der Waals surface area (Å²) in [5.41, 5.74) is 3.58. The first kappa shape index (κ1) is 23.1. The first-order valence-corrected chi connectivity index (χ1v) is 13.7. The van der Waals surface area contributed by atoms with Gasteiger partial charge in [0.15, 0.2) is 15.6 Å². The van der Waals surface area contributed by atoms with E-state index in [0.717, 1.165) is 43.9 Å². The number of sulfone groups is 1. The Labute approximate surface area is 192 Å². The van der Waals surface area contributed by atoms with Crippen LogP contribution in [-0.4, -0.2) is 56.8 Å². The minimum Gasteiger partial charge on any atom is -0.313 e. The van der Waals surface area contributed by atoms with Crippen LogP contribution in [0.2, 0.25) is 0 Å². The van der Waals surface area contributed by atoms with Crippen LogP contribution < -0.4 is 5.32 Å². The molecule has 1 heterocycles. The van der Waals surface area contributed by atoms with E-state index in [1.165, 1.54) is 30.4 Å². The molecule has 0 unspecified atom stereocenters. The fourth-order valence-corrected chi connectivity index (χ4v) is 5.43. The highest BCUT2D eigenvalue weighted by atomic mass is 32.2. The van der Waals surface area contributed by atoms with Crippen molar-refractivity contribution < 1.29 is 13.2 Å². The first-order valence-electron chi connectivity index (χ1n) is 11.6. The number of benzene rings is 2. The van der Waals surface area contributed by atoms with E-state index in [2.05, 4.69) is 52.7 Å². The Balaban J connectivity index is 1.15. The van der Waals surface area contributed by atoms with Gasteiger partial charge >= 0.3 is 0 Å². The monoisotopic (exact) mass is 454 g/mol. The third-order valence-electron chi connectivity index (χ3n) is 6.65. The highest BCUT2D eigenvalue weighted by Crippen LogP contribution is 2.40. The van der Waals surface area contributed by atoms with Gasteiger partial charge in [-0.25, -0.2) is 8.42 Å². The Hall–Kier alpha value is -2.02. The van der Waals surface area contributed by atoms with E-state index in [1.54, 1.807) is 0 Å². The molecule has 32 heavy (non-hydrogen) atoms. The summed E-state index contributed by atoms with van der Waals surface area (Å²) in [5.74, 6) is 0.816. The lowest BCUT2D eigenvalue weighted by molar-refractivity contribution is -0.116. The molecule has 5 nitrogen and oxygen atoms in total. The van der Waals surface area contributed by atoms with Gasteiger partial charge in [-0.3, -0.25) is 9.69 Å². The maximum Gasteiger partial charge on any atom is 0.154 e. The molecule has 2 aromatic carbocycles. The van der Waals surface area contributed by atoms with Gasteiger partial charge in [0.1, 0.15) is 5.75 Å². The Morgan fingerprint density at radius 1 is 1.00 bits per heavy atom. The van der Waals surface area contributed by atoms with Gasteiger partial charge < -0.3 is 5.32 Å². The fraction of sp³-hybridized carbons (Fsp3) is 0.500. The molecule has 1 aliphatic heterocycles. The maximum absolute atomic E-state index is 11.9. The van der Waals surface area contributed by atoms with Crippen LogP contribution >= 0.6 is 0 Å². The summed E-state index contributed by atoms with van der Waals surface area (Å²) >= 11 is 0. The number of rotatable bonds is 10. The van der Waals surface area contributed by atoms with Gasteiger partial charge in [0.2, 0.25) is 0 Å². The normalized spacial score (nSPS) is 22.0. The zero-order valence-corrected chi connectivity index (χ0v) is 19.7. The molecule has 2 fully saturated rings. The summed E-state index contributed by atoms with van der Waals surface area (Å²) in [4.78, 5) is 14.4. The number of piperidine rings is 1. The second-order valence-corrected chi connectivity index (χ2v) is 11.7. The number of carbonyl (C=O) groups is 1. The molecule has 0 radical (unpaired) electrons. The predicted octanol–water partition coefficient (Wildman–Crippen LogP) is 3.20. The highest BCUT2D eigenvalue weighted by molar-refractivity contribution is 7.91. The van der Waals surface area contributed by atoms with Crippen molar-refractivity contribution in [2.45, 2.75) is 44.2 Å². The van der Waals surface area contributed by atoms with Crippen LogP contribution in [0.1, 0.15) is 41.9 Å². The summed E-state index contributed by atoms with van der Waals surface area (Å²) in [7, 11) is -3.26. The highest BCUT2D eigenvalue weighted by Gasteiger charge is 2.38. The number of carbonyl (C=O) groups excluding carboxylic acids is 1. The van der Waals surface area contributed by atoms with Gasteiger partial charge in [-0.1, -0.05) is 54.6 Å². The van der Waals surface area contributed by atoms with Gasteiger partial charge in [-0.05, 0) is 61.5 Å². The number of nitrogens with zero attached hydrogens (tertiary/aromatic N) is 1. The van der Waals surface area contributed by atoms with E-state index in [4.69, 9.17) is 0 Å². The van der Waals surface area contributed by atoms with Crippen molar-refractivity contribution in [3.8, 4) is 0 Å². The molecule has 1 saturated carbocycles. The molecule has 6 heteroatoms. The van der Waals surface area contributed by atoms with Crippen molar-refractivity contribution in [3.05, 3.63) is 71.3 Å². The van der Waals surface area contributed by atoms with Crippen molar-refractivity contribution in [2.24, 2.45) is 5.92 Å². The molecule has 0 aromatic heterocycles. The summed E-state index contributed by atoms with van der Waals surface area (Å²) in [5, 5.41) is 3.79. The van der Waals surface area contributed by atoms with Crippen LogP contribution in [0.25, 0.3) is 0 Å². The topological polar surface area (TPSA) is 66.5 Å². The summed E-state index contributed by atoms with van der Waals surface area (Å²) < 4.78 is 22.5. The zero-order chi connectivity index (χ0) is 22.6. The van der Waals surface area contributed by atoms with Gasteiger partial charge in [-0.2, -0.15) is 0 Å². The largest absolute Gasteiger partial charge is 0.313 e. The van der Waals surface area contributed by atoms with Gasteiger partial charge in [0.05, 0.1) is 0 Å². The third kappa shape index (κ3) is 6.99. The quantitative estimate of drug-likeness (QED) is 0.597. The molecule has 1 aliphatic carbocycles. The van der Waals surface area contributed by atoms with E-state index in [0.29, 0.717) is 12.0 Å². The summed E-state index contributed by atoms with van der Waals surface area (Å²) in [6.07, 6.45) is 5.00. The van der Waals surface area contributed by atoms with Gasteiger partial charge in [0, 0.05) is 31.2 Å². The number of hydrogen-bond acceptors (Lipinski definition) is 5. The molecule has 0 amide bonds. The fourth-order valence-electron chi connectivity index (χ4n) is 4.75. The molecule has 0 bridgehead atoms. The molecule has 2 aliphatic rings. The van der Waals surface area contributed by atoms with E-state index in [1.807, 2.05) is 12.1 Å². The minimum absolute atomic E-state index is 0.178. The number of Topliss-reactive ketones (excluding diaryl/α,β-unsaturated/α-hetero) is 1. The summed E-state index contributed by atoms with van der Waals surface area (Å²) in [6.45, 7) is 4.29. The van der Waals surface area contributed by atoms with E-state index >= 15 is 0 Å². The minimum atomic E-state index is -3.26. The lowest BCUT2D eigenvalue weighted by Crippen LogP contribution is -2.37. The molecule has 2 atom stereocenters. The van der Waals surface area contributed by atoms with Crippen LogP contribution in [0.5, 0.6) is 0 Å². The van der Waals surface area contributed by atoms with E-state index < -0.39 is 9.84 Å². The molecule has 4 rings (SSSR count). The Bertz CT molecular complexity index is 997. The maximum atomic E-state index is 11.9. The SMILES string of the molecule is CS(=O)(=O)CC(=O)Cc1ccc(CN2CCC(CN[C@@H]3C[C@H]3c3ccccc3)CC2)cc1. The number of hydrogen-bond donors (Lipinski definition) is 1. The molecule has 1 saturated heterocycles. The molecule has 172 valence electrons. The van der Waals surface area contributed by atoms with Crippen LogP contribution in [0.4, 0.5) is 0 Å². The molecule has 2 aromatic rings. The van der Waals surface area contributed by atoms with Crippen LogP contribution in [-0.2, 0) is 27.6 Å². The van der Waals surface area contributed by atoms with Crippen molar-refractivity contribution in [1.82, 2.24) is 10.2 Å². The van der Waals surface area contributed by atoms with E-state index in [-0.39, 0.29) is 18.0 Å². The van der Waals surface area contributed by atoms with Crippen molar-refractivity contribution in [2.75, 3.05) is 31.6 Å². The van der Waals surface area contributed by atoms with Crippen LogP contribution in [0.15, 0.2) is 54.6 Å². The Morgan fingerprint density at radius 3 is 2.31 bits per heavy atom. The second kappa shape index (κ2) is 10.3. The molecular weight excluding hydrogens is 420 g/mol. The summed E-state index contributed by atoms with van der Waals surface area (Å²) in [6, 6.07) is 19.5. The number of likely N-dealkylation sites (tertiary alicyclic amines) is 1. The average Bonchev–Trinajstić information content (AvgIpc) is 3.54. The van der Waals surface area contributed by atoms with Crippen molar-refractivity contribution >= 4 is 15.6 Å². The lowest BCUT2D eigenvalue weighted by atomic mass is 9.96. The lowest BCUT2D eigenvalue weighted by Gasteiger charge is -2.32. The Morgan fingerprint density at radius 2 is 1.66 bits per heavy atom. The van der Waals surface area contributed by atoms with Crippen molar-refractivity contribution in [1.29, 1.82) is 0 Å². The predicted molar refractivity (Wildman–Crippen MR) is 128 cm³/mol. The number of nitrogens with one attached hydrogen (secondary N) is 1. The molecule has 0 spiro atoms. The average molecular weight is 455 g/mol. The number of ketones is 1. The smallest absolute Gasteiger partial charge is 0.154 e. The molecular formula is C26H34N2O3S. The van der Waals surface area contributed by atoms with Crippen molar-refractivity contribution in [3.63, 3.8) is 0 Å². The Kier molecular flexibility index (Phi) is 7.44. The zero-order valence-electron chi connectivity index (χ0n) is 18.9. The van der Waals surface area contributed by atoms with E-state index in [9.17, 15) is 13.2 Å². The standard InChI is InChI=1S/C26H34N2O3S/c1-32(30,31)19-24(29)15-20-7-9-22(10-8-20)18-28-13-11-21(12-14-28)17-27-26-16-25(26)23-5-3-2-4-6-23/h2-10,21,25-27H,11-19H2,1H3/t25-,26+/m0/s1. The molecule has 1 N–H and O–H groups in total. The third-order valence-corrected chi connectivity index (χ3v) is 7.49. The second-order valence-electron chi connectivity index (χ2n) is 9.59. The van der Waals surface area contributed by atoms with Crippen LogP contribution in [0.3, 0.4) is 0 Å². The first-order chi connectivity index (χ1) is 15.4. The van der Waals surface area contributed by atoms with Crippen LogP contribution in [0, 0.1) is 5.92 Å². The van der Waals surface area contributed by atoms with Gasteiger partial charge in [0.25, 0.3) is 0 Å². The van der Waals surface area contributed by atoms with Gasteiger partial charge in [-0.15, -0.1) is 0 Å².